The van der Waals surface area contributed by atoms with Crippen LogP contribution in [0.15, 0.2) is 34.9 Å². The molecule has 0 fully saturated rings. The third-order valence-electron chi connectivity index (χ3n) is 2.66. The molecule has 1 aromatic heterocycles. The van der Waals surface area contributed by atoms with E-state index in [9.17, 15) is 14.9 Å². The number of pyridine rings is 1. The summed E-state index contributed by atoms with van der Waals surface area (Å²) in [6, 6.07) is 5.06. The molecule has 21 heavy (non-hydrogen) atoms. The molecule has 0 amide bonds. The van der Waals surface area contributed by atoms with Crippen molar-refractivity contribution in [2.24, 2.45) is 0 Å². The molecule has 1 heterocycles. The lowest BCUT2D eigenvalue weighted by molar-refractivity contribution is -0.385. The van der Waals surface area contributed by atoms with Crippen LogP contribution in [0, 0.1) is 17.0 Å². The molecule has 0 bridgehead atoms. The highest BCUT2D eigenvalue weighted by Crippen LogP contribution is 2.35. The van der Waals surface area contributed by atoms with E-state index in [1.165, 1.54) is 6.20 Å². The van der Waals surface area contributed by atoms with Gasteiger partial charge in [0.25, 0.3) is 0 Å². The van der Waals surface area contributed by atoms with Crippen LogP contribution in [0.4, 0.5) is 5.69 Å². The van der Waals surface area contributed by atoms with Crippen LogP contribution in [0.5, 0.6) is 11.6 Å². The summed E-state index contributed by atoms with van der Waals surface area (Å²) in [6.07, 6.45) is 1.49. The van der Waals surface area contributed by atoms with Gasteiger partial charge in [-0.2, -0.15) is 0 Å². The number of benzene rings is 1. The predicted octanol–water partition coefficient (Wildman–Crippen LogP) is 3.55. The summed E-state index contributed by atoms with van der Waals surface area (Å²) < 4.78 is 5.95. The van der Waals surface area contributed by atoms with Gasteiger partial charge < -0.3 is 9.84 Å². The summed E-state index contributed by atoms with van der Waals surface area (Å²) in [5, 5.41) is 19.9. The second-order valence-electron chi connectivity index (χ2n) is 4.09. The van der Waals surface area contributed by atoms with Crippen LogP contribution in [0.1, 0.15) is 15.9 Å². The van der Waals surface area contributed by atoms with E-state index in [-0.39, 0.29) is 22.9 Å². The highest BCUT2D eigenvalue weighted by molar-refractivity contribution is 9.10. The number of aromatic nitrogens is 1. The molecule has 0 aliphatic heterocycles. The summed E-state index contributed by atoms with van der Waals surface area (Å²) in [7, 11) is 0. The maximum atomic E-state index is 11.0. The smallest absolute Gasteiger partial charge is 0.335 e. The molecule has 0 saturated carbocycles. The van der Waals surface area contributed by atoms with Gasteiger partial charge in [0.1, 0.15) is 0 Å². The molecule has 108 valence electrons. The maximum absolute atomic E-state index is 11.0. The van der Waals surface area contributed by atoms with Crippen LogP contribution >= 0.6 is 15.9 Å². The Balaban J connectivity index is 2.51. The molecule has 8 heteroatoms. The first-order valence-electron chi connectivity index (χ1n) is 5.71. The molecule has 2 rings (SSSR count). The van der Waals surface area contributed by atoms with Gasteiger partial charge in [-0.25, -0.2) is 9.78 Å². The Morgan fingerprint density at radius 1 is 1.43 bits per heavy atom. The number of carboxylic acids is 1. The molecule has 0 saturated heterocycles. The average molecular weight is 353 g/mol. The maximum Gasteiger partial charge on any atom is 0.335 e. The Morgan fingerprint density at radius 2 is 2.14 bits per heavy atom. The van der Waals surface area contributed by atoms with Crippen molar-refractivity contribution in [2.75, 3.05) is 0 Å². The fourth-order valence-corrected chi connectivity index (χ4v) is 1.89. The van der Waals surface area contributed by atoms with Crippen molar-refractivity contribution in [1.29, 1.82) is 0 Å². The number of hydrogen-bond donors (Lipinski definition) is 1. The minimum Gasteiger partial charge on any atom is -0.478 e. The van der Waals surface area contributed by atoms with Crippen LogP contribution in [0.2, 0.25) is 0 Å². The van der Waals surface area contributed by atoms with E-state index in [0.29, 0.717) is 4.47 Å². The zero-order chi connectivity index (χ0) is 15.6. The summed E-state index contributed by atoms with van der Waals surface area (Å²) in [4.78, 5) is 25.3. The lowest BCUT2D eigenvalue weighted by Crippen LogP contribution is -2.00. The highest BCUT2D eigenvalue weighted by Gasteiger charge is 2.20. The Hall–Kier alpha value is -2.48. The first-order valence-corrected chi connectivity index (χ1v) is 6.50. The predicted molar refractivity (Wildman–Crippen MR) is 76.8 cm³/mol. The molecule has 7 nitrogen and oxygen atoms in total. The van der Waals surface area contributed by atoms with Crippen molar-refractivity contribution in [1.82, 2.24) is 4.98 Å². The second-order valence-corrected chi connectivity index (χ2v) is 4.89. The normalized spacial score (nSPS) is 10.2. The number of carbonyl (C=O) groups is 1. The number of nitrogens with zero attached hydrogens (tertiary/aromatic N) is 2. The summed E-state index contributed by atoms with van der Waals surface area (Å²) in [6.45, 7) is 1.81. The van der Waals surface area contributed by atoms with Gasteiger partial charge in [0.2, 0.25) is 11.6 Å². The molecular formula is C13H9BrN2O5. The number of halogens is 1. The van der Waals surface area contributed by atoms with Gasteiger partial charge in [-0.1, -0.05) is 0 Å². The monoisotopic (exact) mass is 352 g/mol. The lowest BCUT2D eigenvalue weighted by atomic mass is 10.2. The van der Waals surface area contributed by atoms with Crippen molar-refractivity contribution >= 4 is 27.6 Å². The molecule has 0 aliphatic carbocycles. The summed E-state index contributed by atoms with van der Waals surface area (Å²) in [5.41, 5.74) is 0.381. The molecule has 1 N–H and O–H groups in total. The van der Waals surface area contributed by atoms with Gasteiger partial charge in [-0.3, -0.25) is 10.1 Å². The van der Waals surface area contributed by atoms with Gasteiger partial charge in [0, 0.05) is 18.3 Å². The molecule has 0 unspecified atom stereocenters. The van der Waals surface area contributed by atoms with Gasteiger partial charge in [-0.15, -0.1) is 0 Å². The zero-order valence-electron chi connectivity index (χ0n) is 10.7. The van der Waals surface area contributed by atoms with Crippen LogP contribution in [0.3, 0.4) is 0 Å². The van der Waals surface area contributed by atoms with Crippen LogP contribution in [-0.2, 0) is 0 Å². The lowest BCUT2D eigenvalue weighted by Gasteiger charge is -2.09. The Labute approximate surface area is 127 Å². The zero-order valence-corrected chi connectivity index (χ0v) is 12.3. The Kier molecular flexibility index (Phi) is 4.18. The number of aryl methyl sites for hydroxylation is 1. The minimum atomic E-state index is -1.20. The quantitative estimate of drug-likeness (QED) is 0.666. The number of nitro benzene ring substituents is 1. The largest absolute Gasteiger partial charge is 0.478 e. The molecule has 0 aliphatic rings. The number of nitro groups is 1. The fraction of sp³-hybridized carbons (Fsp3) is 0.0769. The molecular weight excluding hydrogens is 344 g/mol. The standard InChI is InChI=1S/C13H9BrN2O5/c1-7-4-5-15-12(11(7)14)21-10-6-8(13(17)18)2-3-9(10)16(19)20/h2-6H,1H3,(H,17,18). The second kappa shape index (κ2) is 5.88. The van der Waals surface area contributed by atoms with E-state index >= 15 is 0 Å². The van der Waals surface area contributed by atoms with E-state index < -0.39 is 10.9 Å². The number of rotatable bonds is 4. The van der Waals surface area contributed by atoms with E-state index in [4.69, 9.17) is 9.84 Å². The van der Waals surface area contributed by atoms with E-state index in [2.05, 4.69) is 20.9 Å². The van der Waals surface area contributed by atoms with Crippen LogP contribution in [0.25, 0.3) is 0 Å². The van der Waals surface area contributed by atoms with Gasteiger partial charge in [0.05, 0.1) is 15.0 Å². The van der Waals surface area contributed by atoms with Crippen molar-refractivity contribution < 1.29 is 19.6 Å². The third kappa shape index (κ3) is 3.16. The number of hydrogen-bond acceptors (Lipinski definition) is 5. The van der Waals surface area contributed by atoms with Crippen molar-refractivity contribution in [2.45, 2.75) is 6.92 Å². The van der Waals surface area contributed by atoms with Crippen molar-refractivity contribution in [3.63, 3.8) is 0 Å². The van der Waals surface area contributed by atoms with Crippen LogP contribution < -0.4 is 4.74 Å². The average Bonchev–Trinajstić information content (AvgIpc) is 2.43. The van der Waals surface area contributed by atoms with Gasteiger partial charge >= 0.3 is 11.7 Å². The Bertz CT molecular complexity index is 732. The minimum absolute atomic E-state index is 0.112. The molecule has 0 radical (unpaired) electrons. The first kappa shape index (κ1) is 14.9. The molecule has 2 aromatic rings. The topological polar surface area (TPSA) is 103 Å². The summed E-state index contributed by atoms with van der Waals surface area (Å²) in [5.74, 6) is -1.26. The van der Waals surface area contributed by atoms with Gasteiger partial charge in [-0.05, 0) is 40.5 Å². The number of aromatic carboxylic acids is 1. The first-order chi connectivity index (χ1) is 9.90. The van der Waals surface area contributed by atoms with Crippen molar-refractivity contribution in [3.05, 3.63) is 56.2 Å². The number of ether oxygens (including phenoxy) is 1. The molecule has 0 spiro atoms. The van der Waals surface area contributed by atoms with E-state index in [1.54, 1.807) is 13.0 Å². The fourth-order valence-electron chi connectivity index (χ4n) is 1.57. The van der Waals surface area contributed by atoms with E-state index in [1.807, 2.05) is 0 Å². The molecule has 1 aromatic carbocycles. The van der Waals surface area contributed by atoms with E-state index in [0.717, 1.165) is 23.8 Å². The number of carboxylic acid groups (broad SMARTS) is 1. The van der Waals surface area contributed by atoms with Crippen molar-refractivity contribution in [3.8, 4) is 11.6 Å². The van der Waals surface area contributed by atoms with Gasteiger partial charge in [0.15, 0.2) is 0 Å². The van der Waals surface area contributed by atoms with Crippen LogP contribution in [-0.4, -0.2) is 21.0 Å². The summed E-state index contributed by atoms with van der Waals surface area (Å²) >= 11 is 3.27. The Morgan fingerprint density at radius 3 is 2.76 bits per heavy atom. The highest BCUT2D eigenvalue weighted by atomic mass is 79.9. The SMILES string of the molecule is Cc1ccnc(Oc2cc(C(=O)O)ccc2[N+](=O)[O-])c1Br. The third-order valence-corrected chi connectivity index (χ3v) is 3.63. The molecule has 0 atom stereocenters.